The molecule has 3 rings (SSSR count). The zero-order valence-corrected chi connectivity index (χ0v) is 16.0. The Morgan fingerprint density at radius 3 is 2.88 bits per heavy atom. The summed E-state index contributed by atoms with van der Waals surface area (Å²) in [6.45, 7) is 1.52. The lowest BCUT2D eigenvalue weighted by Gasteiger charge is -2.25. The minimum atomic E-state index is 0.0417. The van der Waals surface area contributed by atoms with Crippen LogP contribution in [0.1, 0.15) is 30.9 Å². The van der Waals surface area contributed by atoms with E-state index < -0.39 is 0 Å². The fraction of sp³-hybridized carbons (Fsp3) is 0.381. The average molecular weight is 371 g/mol. The maximum Gasteiger partial charge on any atom is 0.317 e. The van der Waals surface area contributed by atoms with E-state index in [1.54, 1.807) is 7.11 Å². The van der Waals surface area contributed by atoms with Gasteiger partial charge in [0.25, 0.3) is 0 Å². The predicted octanol–water partition coefficient (Wildman–Crippen LogP) is 4.72. The third kappa shape index (κ3) is 4.94. The average Bonchev–Trinajstić information content (AvgIpc) is 3.18. The van der Waals surface area contributed by atoms with Crippen LogP contribution in [0.3, 0.4) is 0 Å². The largest absolute Gasteiger partial charge is 0.497 e. The van der Waals surface area contributed by atoms with Crippen LogP contribution in [0.25, 0.3) is 0 Å². The standard InChI is InChI=1S/C21H26N2O2S/c1-25-18-9-5-8-17(16-18)20-12-6-14-23(20)21(24)22-13-7-15-26-19-10-3-2-4-11-19/h2-5,8-11,16,20H,6-7,12-15H2,1H3,(H,22,24). The van der Waals surface area contributed by atoms with Crippen molar-refractivity contribution >= 4 is 17.8 Å². The summed E-state index contributed by atoms with van der Waals surface area (Å²) in [6, 6.07) is 18.6. The second-order valence-electron chi connectivity index (χ2n) is 6.38. The number of urea groups is 1. The highest BCUT2D eigenvalue weighted by Gasteiger charge is 2.29. The van der Waals surface area contributed by atoms with Crippen molar-refractivity contribution in [2.75, 3.05) is 26.0 Å². The molecule has 1 saturated heterocycles. The molecular weight excluding hydrogens is 344 g/mol. The Hall–Kier alpha value is -2.14. The van der Waals surface area contributed by atoms with E-state index in [-0.39, 0.29) is 12.1 Å². The van der Waals surface area contributed by atoms with Gasteiger partial charge in [-0.05, 0) is 54.8 Å². The molecule has 1 atom stereocenters. The molecule has 1 N–H and O–H groups in total. The molecule has 138 valence electrons. The molecule has 2 amide bonds. The van der Waals surface area contributed by atoms with Gasteiger partial charge in [-0.1, -0.05) is 30.3 Å². The fourth-order valence-corrected chi connectivity index (χ4v) is 4.15. The van der Waals surface area contributed by atoms with Crippen LogP contribution in [0.4, 0.5) is 4.79 Å². The van der Waals surface area contributed by atoms with Gasteiger partial charge in [0.05, 0.1) is 13.2 Å². The highest BCUT2D eigenvalue weighted by molar-refractivity contribution is 7.99. The summed E-state index contributed by atoms with van der Waals surface area (Å²) in [4.78, 5) is 15.8. The lowest BCUT2D eigenvalue weighted by molar-refractivity contribution is 0.193. The third-order valence-corrected chi connectivity index (χ3v) is 5.70. The summed E-state index contributed by atoms with van der Waals surface area (Å²) in [5, 5.41) is 3.08. The first kappa shape index (κ1) is 18.6. The highest BCUT2D eigenvalue weighted by Crippen LogP contribution is 2.33. The van der Waals surface area contributed by atoms with E-state index in [2.05, 4.69) is 35.6 Å². The van der Waals surface area contributed by atoms with E-state index in [9.17, 15) is 4.79 Å². The molecule has 0 radical (unpaired) electrons. The molecule has 26 heavy (non-hydrogen) atoms. The Morgan fingerprint density at radius 1 is 1.23 bits per heavy atom. The number of likely N-dealkylation sites (tertiary alicyclic amines) is 1. The highest BCUT2D eigenvalue weighted by atomic mass is 32.2. The molecule has 5 heteroatoms. The molecule has 1 heterocycles. The van der Waals surface area contributed by atoms with Crippen molar-refractivity contribution < 1.29 is 9.53 Å². The summed E-state index contributed by atoms with van der Waals surface area (Å²) in [6.07, 6.45) is 3.01. The van der Waals surface area contributed by atoms with Crippen LogP contribution < -0.4 is 10.1 Å². The van der Waals surface area contributed by atoms with Gasteiger partial charge in [0, 0.05) is 18.0 Å². The quantitative estimate of drug-likeness (QED) is 0.566. The zero-order valence-electron chi connectivity index (χ0n) is 15.2. The SMILES string of the molecule is COc1cccc(C2CCCN2C(=O)NCCCSc2ccccc2)c1. The van der Waals surface area contributed by atoms with Crippen molar-refractivity contribution in [2.24, 2.45) is 0 Å². The van der Waals surface area contributed by atoms with Gasteiger partial charge in [0.15, 0.2) is 0 Å². The monoisotopic (exact) mass is 370 g/mol. The Bertz CT molecular complexity index is 708. The first-order valence-electron chi connectivity index (χ1n) is 9.14. The van der Waals surface area contributed by atoms with Crippen molar-refractivity contribution in [3.63, 3.8) is 0 Å². The number of thioether (sulfide) groups is 1. The van der Waals surface area contributed by atoms with E-state index in [0.29, 0.717) is 6.54 Å². The van der Waals surface area contributed by atoms with Crippen LogP contribution in [0.2, 0.25) is 0 Å². The van der Waals surface area contributed by atoms with Crippen LogP contribution in [-0.4, -0.2) is 36.9 Å². The Balaban J connectivity index is 1.46. The summed E-state index contributed by atoms with van der Waals surface area (Å²) in [7, 11) is 1.67. The second-order valence-corrected chi connectivity index (χ2v) is 7.54. The number of carbonyl (C=O) groups is 1. The van der Waals surface area contributed by atoms with Gasteiger partial charge >= 0.3 is 6.03 Å². The Labute approximate surface area is 159 Å². The summed E-state index contributed by atoms with van der Waals surface area (Å²) >= 11 is 1.83. The number of amides is 2. The van der Waals surface area contributed by atoms with E-state index in [0.717, 1.165) is 42.9 Å². The van der Waals surface area contributed by atoms with E-state index in [4.69, 9.17) is 4.74 Å². The minimum Gasteiger partial charge on any atom is -0.497 e. The number of rotatable bonds is 7. The number of nitrogens with one attached hydrogen (secondary N) is 1. The molecule has 0 bridgehead atoms. The predicted molar refractivity (Wildman–Crippen MR) is 107 cm³/mol. The number of hydrogen-bond donors (Lipinski definition) is 1. The number of nitrogens with zero attached hydrogens (tertiary/aromatic N) is 1. The maximum atomic E-state index is 12.6. The van der Waals surface area contributed by atoms with Gasteiger partial charge < -0.3 is 15.0 Å². The summed E-state index contributed by atoms with van der Waals surface area (Å²) in [5.74, 6) is 1.84. The smallest absolute Gasteiger partial charge is 0.317 e. The zero-order chi connectivity index (χ0) is 18.2. The molecule has 0 aliphatic carbocycles. The van der Waals surface area contributed by atoms with Crippen molar-refractivity contribution in [1.29, 1.82) is 0 Å². The van der Waals surface area contributed by atoms with Gasteiger partial charge in [-0.15, -0.1) is 11.8 Å². The third-order valence-electron chi connectivity index (χ3n) is 4.60. The second kappa shape index (κ2) is 9.53. The molecule has 0 saturated carbocycles. The number of carbonyl (C=O) groups excluding carboxylic acids is 1. The van der Waals surface area contributed by atoms with Gasteiger partial charge in [-0.2, -0.15) is 0 Å². The molecule has 1 fully saturated rings. The van der Waals surface area contributed by atoms with Crippen LogP contribution in [-0.2, 0) is 0 Å². The number of benzene rings is 2. The number of hydrogen-bond acceptors (Lipinski definition) is 3. The van der Waals surface area contributed by atoms with E-state index in [1.165, 1.54) is 4.90 Å². The Kier molecular flexibility index (Phi) is 6.83. The molecule has 0 aromatic heterocycles. The molecule has 4 nitrogen and oxygen atoms in total. The normalized spacial score (nSPS) is 16.5. The Morgan fingerprint density at radius 2 is 2.08 bits per heavy atom. The fourth-order valence-electron chi connectivity index (χ4n) is 3.28. The molecule has 1 aliphatic heterocycles. The summed E-state index contributed by atoms with van der Waals surface area (Å²) in [5.41, 5.74) is 1.15. The van der Waals surface area contributed by atoms with Crippen molar-refractivity contribution in [2.45, 2.75) is 30.2 Å². The van der Waals surface area contributed by atoms with Gasteiger partial charge in [-0.25, -0.2) is 4.79 Å². The molecule has 2 aromatic carbocycles. The van der Waals surface area contributed by atoms with Crippen LogP contribution >= 0.6 is 11.8 Å². The first-order valence-corrected chi connectivity index (χ1v) is 10.1. The lowest BCUT2D eigenvalue weighted by Crippen LogP contribution is -2.40. The molecule has 0 spiro atoms. The minimum absolute atomic E-state index is 0.0417. The summed E-state index contributed by atoms with van der Waals surface area (Å²) < 4.78 is 5.32. The van der Waals surface area contributed by atoms with E-state index in [1.807, 2.05) is 40.9 Å². The molecule has 1 aliphatic rings. The maximum absolute atomic E-state index is 12.6. The van der Waals surface area contributed by atoms with Crippen LogP contribution in [0, 0.1) is 0 Å². The molecule has 1 unspecified atom stereocenters. The van der Waals surface area contributed by atoms with Crippen molar-refractivity contribution in [3.8, 4) is 5.75 Å². The van der Waals surface area contributed by atoms with Crippen molar-refractivity contribution in [1.82, 2.24) is 10.2 Å². The topological polar surface area (TPSA) is 41.6 Å². The first-order chi connectivity index (χ1) is 12.8. The van der Waals surface area contributed by atoms with Crippen LogP contribution in [0.5, 0.6) is 5.75 Å². The lowest BCUT2D eigenvalue weighted by atomic mass is 10.0. The number of ether oxygens (including phenoxy) is 1. The van der Waals surface area contributed by atoms with Crippen molar-refractivity contribution in [3.05, 3.63) is 60.2 Å². The van der Waals surface area contributed by atoms with E-state index >= 15 is 0 Å². The molecular formula is C21H26N2O2S. The van der Waals surface area contributed by atoms with Gasteiger partial charge in [0.1, 0.15) is 5.75 Å². The van der Waals surface area contributed by atoms with Gasteiger partial charge in [0.2, 0.25) is 0 Å². The van der Waals surface area contributed by atoms with Gasteiger partial charge in [-0.3, -0.25) is 0 Å². The number of methoxy groups -OCH3 is 1. The molecule has 2 aromatic rings. The van der Waals surface area contributed by atoms with Crippen LogP contribution in [0.15, 0.2) is 59.5 Å².